The Morgan fingerprint density at radius 2 is 1.50 bits per heavy atom. The molecule has 48 heavy (non-hydrogen) atoms. The average molecular weight is 660 g/mol. The minimum absolute atomic E-state index is 0.00422. The van der Waals surface area contributed by atoms with Gasteiger partial charge >= 0.3 is 0 Å². The van der Waals surface area contributed by atoms with Crippen molar-refractivity contribution in [2.45, 2.75) is 127 Å². The standard InChI is InChI=1S/C38H53N5O5/c39-21-8-5-14-32(36(47)43-28-12-9-13-29(43)24-28)42-37(48)38(19-6-2-7-20-38)25-34(45)33(23-26-10-3-1-4-11-26)41-35(46)31(40)22-27-15-17-30(44)18-16-27/h1,3-4,10-11,15-18,28-29,31-33,44H,2,5-9,12-14,19-25,39-40H2,(H,41,46)(H,42,48). The number of nitrogens with two attached hydrogens (primary N) is 2. The summed E-state index contributed by atoms with van der Waals surface area (Å²) in [6.07, 6.45) is 10.4. The molecule has 10 nitrogen and oxygen atoms in total. The third-order valence-corrected chi connectivity index (χ3v) is 10.7. The van der Waals surface area contributed by atoms with Crippen LogP contribution in [0.15, 0.2) is 54.6 Å². The molecule has 5 unspecified atom stereocenters. The highest BCUT2D eigenvalue weighted by Crippen LogP contribution is 2.42. The number of aromatic hydroxyl groups is 1. The van der Waals surface area contributed by atoms with Crippen LogP contribution in [0, 0.1) is 5.41 Å². The Kier molecular flexibility index (Phi) is 12.3. The van der Waals surface area contributed by atoms with Crippen LogP contribution in [0.1, 0.15) is 94.6 Å². The lowest BCUT2D eigenvalue weighted by atomic mass is 9.69. The van der Waals surface area contributed by atoms with Crippen molar-refractivity contribution in [2.24, 2.45) is 16.9 Å². The number of rotatable bonds is 16. The Balaban J connectivity index is 1.32. The lowest BCUT2D eigenvalue weighted by molar-refractivity contribution is -0.154. The summed E-state index contributed by atoms with van der Waals surface area (Å²) in [7, 11) is 0. The van der Waals surface area contributed by atoms with Crippen LogP contribution in [0.5, 0.6) is 5.75 Å². The van der Waals surface area contributed by atoms with E-state index in [0.29, 0.717) is 25.8 Å². The molecule has 2 saturated heterocycles. The Hall–Kier alpha value is -3.76. The fraction of sp³-hybridized carbons (Fsp3) is 0.579. The van der Waals surface area contributed by atoms with Gasteiger partial charge < -0.3 is 32.1 Å². The van der Waals surface area contributed by atoms with E-state index in [1.165, 1.54) is 0 Å². The van der Waals surface area contributed by atoms with Gasteiger partial charge in [-0.25, -0.2) is 0 Å². The van der Waals surface area contributed by atoms with Gasteiger partial charge in [-0.2, -0.15) is 0 Å². The molecule has 5 rings (SSSR count). The monoisotopic (exact) mass is 659 g/mol. The van der Waals surface area contributed by atoms with E-state index < -0.39 is 29.4 Å². The van der Waals surface area contributed by atoms with E-state index in [1.807, 2.05) is 35.2 Å². The smallest absolute Gasteiger partial charge is 0.245 e. The summed E-state index contributed by atoms with van der Waals surface area (Å²) in [4.78, 5) is 57.8. The number of fused-ring (bicyclic) bond motifs is 2. The predicted molar refractivity (Wildman–Crippen MR) is 185 cm³/mol. The van der Waals surface area contributed by atoms with Gasteiger partial charge in [0, 0.05) is 18.5 Å². The molecule has 2 aromatic rings. The van der Waals surface area contributed by atoms with Gasteiger partial charge in [-0.05, 0) is 100 Å². The number of amides is 3. The topological polar surface area (TPSA) is 168 Å². The van der Waals surface area contributed by atoms with Crippen LogP contribution in [-0.2, 0) is 32.0 Å². The van der Waals surface area contributed by atoms with E-state index in [1.54, 1.807) is 24.3 Å². The van der Waals surface area contributed by atoms with Crippen molar-refractivity contribution in [2.75, 3.05) is 6.54 Å². The summed E-state index contributed by atoms with van der Waals surface area (Å²) >= 11 is 0. The van der Waals surface area contributed by atoms with Crippen molar-refractivity contribution in [1.82, 2.24) is 15.5 Å². The number of carbonyl (C=O) groups is 4. The number of ketones is 1. The number of phenolic OH excluding ortho intramolecular Hbond substituents is 1. The molecule has 3 fully saturated rings. The molecule has 2 heterocycles. The minimum Gasteiger partial charge on any atom is -0.508 e. The van der Waals surface area contributed by atoms with Crippen LogP contribution in [-0.4, -0.2) is 70.3 Å². The molecular formula is C38H53N5O5. The van der Waals surface area contributed by atoms with E-state index in [0.717, 1.165) is 68.9 Å². The Bertz CT molecular complexity index is 1380. The molecule has 0 spiro atoms. The molecule has 7 N–H and O–H groups in total. The van der Waals surface area contributed by atoms with Crippen molar-refractivity contribution < 1.29 is 24.3 Å². The van der Waals surface area contributed by atoms with Crippen LogP contribution in [0.4, 0.5) is 0 Å². The highest BCUT2D eigenvalue weighted by Gasteiger charge is 2.48. The van der Waals surface area contributed by atoms with Crippen LogP contribution in [0.3, 0.4) is 0 Å². The molecule has 0 radical (unpaired) electrons. The third-order valence-electron chi connectivity index (χ3n) is 10.7. The first-order chi connectivity index (χ1) is 23.2. The van der Waals surface area contributed by atoms with Crippen LogP contribution >= 0.6 is 0 Å². The number of carbonyl (C=O) groups excluding carboxylic acids is 4. The molecule has 2 bridgehead atoms. The van der Waals surface area contributed by atoms with Crippen LogP contribution < -0.4 is 22.1 Å². The van der Waals surface area contributed by atoms with Gasteiger partial charge in [0.25, 0.3) is 0 Å². The molecule has 1 saturated carbocycles. The van der Waals surface area contributed by atoms with Gasteiger partial charge in [0.2, 0.25) is 17.7 Å². The fourth-order valence-corrected chi connectivity index (χ4v) is 7.93. The van der Waals surface area contributed by atoms with Gasteiger partial charge in [-0.1, -0.05) is 61.7 Å². The number of hydrogen-bond acceptors (Lipinski definition) is 7. The predicted octanol–water partition coefficient (Wildman–Crippen LogP) is 3.67. The van der Waals surface area contributed by atoms with Gasteiger partial charge in [-0.3, -0.25) is 19.2 Å². The van der Waals surface area contributed by atoms with Gasteiger partial charge in [0.15, 0.2) is 5.78 Å². The summed E-state index contributed by atoms with van der Waals surface area (Å²) in [5.41, 5.74) is 12.8. The molecule has 5 atom stereocenters. The SMILES string of the molecule is NCCCCC(NC(=O)C1(CC(=O)C(Cc2ccccc2)NC(=O)C(N)Cc2ccc(O)cc2)CCCCC1)C(=O)N1C2CCCC1C2. The summed E-state index contributed by atoms with van der Waals surface area (Å²) in [5, 5.41) is 15.7. The van der Waals surface area contributed by atoms with Gasteiger partial charge in [0.1, 0.15) is 11.8 Å². The van der Waals surface area contributed by atoms with Crippen molar-refractivity contribution in [3.63, 3.8) is 0 Å². The number of phenols is 1. The average Bonchev–Trinajstić information content (AvgIpc) is 3.09. The minimum atomic E-state index is -0.958. The Labute approximate surface area is 284 Å². The first kappa shape index (κ1) is 35.5. The zero-order valence-corrected chi connectivity index (χ0v) is 28.1. The third kappa shape index (κ3) is 8.82. The molecule has 3 amide bonds. The number of benzene rings is 2. The normalized spacial score (nSPS) is 21.7. The van der Waals surface area contributed by atoms with Crippen molar-refractivity contribution in [3.05, 3.63) is 65.7 Å². The lowest BCUT2D eigenvalue weighted by Gasteiger charge is -2.54. The van der Waals surface area contributed by atoms with E-state index in [2.05, 4.69) is 10.6 Å². The molecule has 2 aromatic carbocycles. The largest absolute Gasteiger partial charge is 0.508 e. The molecule has 0 aromatic heterocycles. The van der Waals surface area contributed by atoms with E-state index >= 15 is 0 Å². The maximum absolute atomic E-state index is 14.3. The summed E-state index contributed by atoms with van der Waals surface area (Å²) in [6, 6.07) is 14.1. The number of nitrogens with one attached hydrogen (secondary N) is 2. The quantitative estimate of drug-likeness (QED) is 0.171. The highest BCUT2D eigenvalue weighted by molar-refractivity contribution is 5.96. The Morgan fingerprint density at radius 3 is 2.15 bits per heavy atom. The van der Waals surface area contributed by atoms with E-state index in [4.69, 9.17) is 11.5 Å². The highest BCUT2D eigenvalue weighted by atomic mass is 16.3. The zero-order valence-electron chi connectivity index (χ0n) is 28.1. The molecule has 1 aliphatic carbocycles. The van der Waals surface area contributed by atoms with E-state index in [-0.39, 0.29) is 54.7 Å². The second-order valence-electron chi connectivity index (χ2n) is 14.2. The number of Topliss-reactive ketones (excluding diaryl/α,β-unsaturated/α-hetero) is 1. The number of unbranched alkanes of at least 4 members (excludes halogenated alkanes) is 1. The molecule has 2 aliphatic heterocycles. The summed E-state index contributed by atoms with van der Waals surface area (Å²) in [5.74, 6) is -0.786. The van der Waals surface area contributed by atoms with Crippen LogP contribution in [0.25, 0.3) is 0 Å². The second-order valence-corrected chi connectivity index (χ2v) is 14.2. The fourth-order valence-electron chi connectivity index (χ4n) is 7.93. The zero-order chi connectivity index (χ0) is 34.1. The number of hydrogen-bond donors (Lipinski definition) is 5. The van der Waals surface area contributed by atoms with Crippen molar-refractivity contribution in [3.8, 4) is 5.75 Å². The number of piperidine rings is 1. The van der Waals surface area contributed by atoms with Crippen LogP contribution in [0.2, 0.25) is 0 Å². The Morgan fingerprint density at radius 1 is 0.833 bits per heavy atom. The maximum Gasteiger partial charge on any atom is 0.245 e. The maximum atomic E-state index is 14.3. The van der Waals surface area contributed by atoms with E-state index in [9.17, 15) is 24.3 Å². The first-order valence-corrected chi connectivity index (χ1v) is 17.9. The molecule has 260 valence electrons. The summed E-state index contributed by atoms with van der Waals surface area (Å²) in [6.45, 7) is 0.523. The first-order valence-electron chi connectivity index (χ1n) is 17.9. The van der Waals surface area contributed by atoms with Gasteiger partial charge in [0.05, 0.1) is 17.5 Å². The lowest BCUT2D eigenvalue weighted by Crippen LogP contribution is -2.65. The van der Waals surface area contributed by atoms with Crippen molar-refractivity contribution in [1.29, 1.82) is 0 Å². The molecular weight excluding hydrogens is 606 g/mol. The number of nitrogens with zero attached hydrogens (tertiary/aromatic N) is 1. The van der Waals surface area contributed by atoms with Crippen molar-refractivity contribution >= 4 is 23.5 Å². The van der Waals surface area contributed by atoms with Gasteiger partial charge in [-0.15, -0.1) is 0 Å². The molecule has 10 heteroatoms. The second kappa shape index (κ2) is 16.6. The summed E-state index contributed by atoms with van der Waals surface area (Å²) < 4.78 is 0. The molecule has 3 aliphatic rings.